The SMILES string of the molecule is COc1ccccc1NS(=O)(=O)c1cccc(C(=O)NNC(=O)[C@H](C)N=C2NS(=O)(=O)c3ccccc32)c1. The number of ether oxygens (including phenoxy) is 1. The second-order valence-electron chi connectivity index (χ2n) is 8.03. The van der Waals surface area contributed by atoms with E-state index < -0.39 is 37.9 Å². The number of methoxy groups -OCH3 is 1. The minimum absolute atomic E-state index is 0.00929. The van der Waals surface area contributed by atoms with E-state index >= 15 is 0 Å². The Morgan fingerprint density at radius 2 is 1.68 bits per heavy atom. The number of para-hydroxylation sites is 2. The van der Waals surface area contributed by atoms with Crippen LogP contribution in [-0.4, -0.2) is 47.6 Å². The Bertz CT molecular complexity index is 1650. The largest absolute Gasteiger partial charge is 0.495 e. The number of nitrogens with one attached hydrogen (secondary N) is 4. The van der Waals surface area contributed by atoms with Crippen LogP contribution in [0.3, 0.4) is 0 Å². The molecule has 198 valence electrons. The first-order valence-electron chi connectivity index (χ1n) is 11.1. The maximum absolute atomic E-state index is 12.9. The molecule has 1 atom stereocenters. The van der Waals surface area contributed by atoms with Gasteiger partial charge in [0, 0.05) is 11.1 Å². The number of rotatable bonds is 7. The molecule has 38 heavy (non-hydrogen) atoms. The average Bonchev–Trinajstić information content (AvgIpc) is 3.16. The highest BCUT2D eigenvalue weighted by molar-refractivity contribution is 7.92. The molecule has 0 bridgehead atoms. The van der Waals surface area contributed by atoms with Gasteiger partial charge in [0.25, 0.3) is 31.9 Å². The van der Waals surface area contributed by atoms with Crippen LogP contribution in [0.2, 0.25) is 0 Å². The highest BCUT2D eigenvalue weighted by Gasteiger charge is 2.31. The molecule has 3 aromatic rings. The van der Waals surface area contributed by atoms with E-state index in [0.29, 0.717) is 11.3 Å². The summed E-state index contributed by atoms with van der Waals surface area (Å²) in [7, 11) is -6.43. The zero-order chi connectivity index (χ0) is 27.5. The van der Waals surface area contributed by atoms with E-state index in [4.69, 9.17) is 4.74 Å². The molecule has 0 aromatic heterocycles. The lowest BCUT2D eigenvalue weighted by atomic mass is 10.2. The summed E-state index contributed by atoms with van der Waals surface area (Å²) in [6, 6.07) is 16.8. The molecule has 0 saturated carbocycles. The van der Waals surface area contributed by atoms with E-state index in [2.05, 4.69) is 25.3 Å². The number of sulfonamides is 2. The Kier molecular flexibility index (Phi) is 7.37. The Balaban J connectivity index is 1.43. The van der Waals surface area contributed by atoms with E-state index in [1.807, 2.05) is 0 Å². The Morgan fingerprint density at radius 3 is 2.45 bits per heavy atom. The second-order valence-corrected chi connectivity index (χ2v) is 11.4. The third-order valence-corrected chi connectivity index (χ3v) is 8.18. The van der Waals surface area contributed by atoms with E-state index in [9.17, 15) is 26.4 Å². The van der Waals surface area contributed by atoms with E-state index in [1.165, 1.54) is 44.4 Å². The number of hydrazine groups is 1. The van der Waals surface area contributed by atoms with Crippen LogP contribution >= 0.6 is 0 Å². The summed E-state index contributed by atoms with van der Waals surface area (Å²) in [6.07, 6.45) is 0. The molecule has 14 heteroatoms. The Labute approximate surface area is 219 Å². The number of aliphatic imine (C=N–C) groups is 1. The van der Waals surface area contributed by atoms with Gasteiger partial charge in [-0.1, -0.05) is 30.3 Å². The van der Waals surface area contributed by atoms with Crippen molar-refractivity contribution in [2.24, 2.45) is 4.99 Å². The first-order chi connectivity index (χ1) is 18.0. The van der Waals surface area contributed by atoms with Gasteiger partial charge in [-0.2, -0.15) is 0 Å². The number of carbonyl (C=O) groups is 2. The van der Waals surface area contributed by atoms with Gasteiger partial charge in [-0.3, -0.25) is 34.9 Å². The van der Waals surface area contributed by atoms with Gasteiger partial charge in [-0.05, 0) is 49.4 Å². The molecule has 1 aliphatic rings. The number of fused-ring (bicyclic) bond motifs is 1. The molecule has 0 unspecified atom stereocenters. The molecular formula is C24H23N5O7S2. The average molecular weight is 558 g/mol. The fraction of sp³-hybridized carbons (Fsp3) is 0.125. The molecule has 0 fully saturated rings. The monoisotopic (exact) mass is 557 g/mol. The maximum atomic E-state index is 12.9. The van der Waals surface area contributed by atoms with Crippen LogP contribution in [0.25, 0.3) is 0 Å². The zero-order valence-electron chi connectivity index (χ0n) is 20.1. The molecule has 0 aliphatic carbocycles. The van der Waals surface area contributed by atoms with Crippen LogP contribution < -0.4 is 25.0 Å². The number of hydrogen-bond donors (Lipinski definition) is 4. The lowest BCUT2D eigenvalue weighted by Crippen LogP contribution is -2.45. The molecule has 1 aliphatic heterocycles. The Morgan fingerprint density at radius 1 is 0.974 bits per heavy atom. The summed E-state index contributed by atoms with van der Waals surface area (Å²) in [6.45, 7) is 1.42. The molecule has 2 amide bonds. The van der Waals surface area contributed by atoms with E-state index in [-0.39, 0.29) is 26.9 Å². The van der Waals surface area contributed by atoms with Crippen molar-refractivity contribution in [1.82, 2.24) is 15.6 Å². The molecular weight excluding hydrogens is 534 g/mol. The standard InChI is InChI=1S/C24H23N5O7S2/c1-15(25-22-18-10-3-6-13-21(18)38(34,35)29-22)23(30)26-27-24(31)16-8-7-9-17(14-16)37(32,33)28-19-11-4-5-12-20(19)36-2/h3-15,28H,1-2H3,(H,25,29)(H,26,30)(H,27,31)/t15-/m0/s1. The number of hydrogen-bond acceptors (Lipinski definition) is 8. The molecule has 12 nitrogen and oxygen atoms in total. The van der Waals surface area contributed by atoms with Gasteiger partial charge < -0.3 is 4.74 Å². The van der Waals surface area contributed by atoms with E-state index in [0.717, 1.165) is 6.07 Å². The van der Waals surface area contributed by atoms with Crippen LogP contribution in [0.15, 0.2) is 87.6 Å². The highest BCUT2D eigenvalue weighted by atomic mass is 32.2. The normalized spacial score (nSPS) is 15.6. The van der Waals surface area contributed by atoms with Crippen molar-refractivity contribution >= 4 is 43.4 Å². The van der Waals surface area contributed by atoms with Crippen molar-refractivity contribution in [3.63, 3.8) is 0 Å². The molecule has 0 saturated heterocycles. The lowest BCUT2D eigenvalue weighted by molar-refractivity contribution is -0.122. The van der Waals surface area contributed by atoms with Gasteiger partial charge in [0.05, 0.1) is 22.6 Å². The van der Waals surface area contributed by atoms with Crippen LogP contribution in [0.4, 0.5) is 5.69 Å². The fourth-order valence-corrected chi connectivity index (χ4v) is 5.87. The van der Waals surface area contributed by atoms with Crippen LogP contribution in [0.5, 0.6) is 5.75 Å². The van der Waals surface area contributed by atoms with Gasteiger partial charge in [-0.25, -0.2) is 16.8 Å². The summed E-state index contributed by atoms with van der Waals surface area (Å²) in [5.41, 5.74) is 4.93. The second kappa shape index (κ2) is 10.5. The van der Waals surface area contributed by atoms with Crippen LogP contribution in [-0.2, 0) is 24.8 Å². The quantitative estimate of drug-likeness (QED) is 0.318. The van der Waals surface area contributed by atoms with Gasteiger partial charge in [0.1, 0.15) is 17.6 Å². The van der Waals surface area contributed by atoms with Gasteiger partial charge in [0.15, 0.2) is 0 Å². The first-order valence-corrected chi connectivity index (χ1v) is 14.0. The van der Waals surface area contributed by atoms with Crippen molar-refractivity contribution in [1.29, 1.82) is 0 Å². The maximum Gasteiger partial charge on any atom is 0.269 e. The third-order valence-electron chi connectivity index (χ3n) is 5.42. The van der Waals surface area contributed by atoms with Gasteiger partial charge in [-0.15, -0.1) is 0 Å². The number of nitrogens with zero attached hydrogens (tertiary/aromatic N) is 1. The number of amides is 2. The third kappa shape index (κ3) is 5.60. The Hall–Kier alpha value is -4.43. The van der Waals surface area contributed by atoms with Crippen LogP contribution in [0.1, 0.15) is 22.8 Å². The predicted molar refractivity (Wildman–Crippen MR) is 139 cm³/mol. The minimum atomic E-state index is -4.07. The molecule has 0 radical (unpaired) electrons. The van der Waals surface area contributed by atoms with E-state index in [1.54, 1.807) is 36.4 Å². The van der Waals surface area contributed by atoms with Crippen molar-refractivity contribution in [3.8, 4) is 5.75 Å². The number of anilines is 1. The van der Waals surface area contributed by atoms with Crippen molar-refractivity contribution in [2.45, 2.75) is 22.8 Å². The predicted octanol–water partition coefficient (Wildman–Crippen LogP) is 1.38. The summed E-state index contributed by atoms with van der Waals surface area (Å²) in [4.78, 5) is 29.1. The summed E-state index contributed by atoms with van der Waals surface area (Å²) in [5.74, 6) is -1.18. The molecule has 1 heterocycles. The highest BCUT2D eigenvalue weighted by Crippen LogP contribution is 2.26. The van der Waals surface area contributed by atoms with Gasteiger partial charge in [0.2, 0.25) is 0 Å². The minimum Gasteiger partial charge on any atom is -0.495 e. The number of amidine groups is 1. The zero-order valence-corrected chi connectivity index (χ0v) is 21.8. The summed E-state index contributed by atoms with van der Waals surface area (Å²) < 4.78 is 60.0. The molecule has 0 spiro atoms. The first kappa shape index (κ1) is 26.6. The van der Waals surface area contributed by atoms with Crippen molar-refractivity contribution < 1.29 is 31.2 Å². The summed E-state index contributed by atoms with van der Waals surface area (Å²) in [5, 5.41) is 0. The smallest absolute Gasteiger partial charge is 0.269 e. The lowest BCUT2D eigenvalue weighted by Gasteiger charge is -2.13. The topological polar surface area (TPSA) is 172 Å². The molecule has 4 N–H and O–H groups in total. The number of carbonyl (C=O) groups excluding carboxylic acids is 2. The van der Waals surface area contributed by atoms with Crippen molar-refractivity contribution in [3.05, 3.63) is 83.9 Å². The summed E-state index contributed by atoms with van der Waals surface area (Å²) >= 11 is 0. The van der Waals surface area contributed by atoms with Crippen molar-refractivity contribution in [2.75, 3.05) is 11.8 Å². The fourth-order valence-electron chi connectivity index (χ4n) is 3.51. The van der Waals surface area contributed by atoms with Crippen LogP contribution in [0, 0.1) is 0 Å². The number of benzene rings is 3. The molecule has 3 aromatic carbocycles. The van der Waals surface area contributed by atoms with Gasteiger partial charge >= 0.3 is 0 Å². The molecule has 4 rings (SSSR count).